The molecule has 94 valence electrons. The number of nitrogens with one attached hydrogen (secondary N) is 1. The van der Waals surface area contributed by atoms with E-state index in [0.29, 0.717) is 0 Å². The van der Waals surface area contributed by atoms with Gasteiger partial charge in [-0.3, -0.25) is 0 Å². The van der Waals surface area contributed by atoms with Crippen molar-refractivity contribution in [3.05, 3.63) is 17.7 Å². The third-order valence-electron chi connectivity index (χ3n) is 1.66. The van der Waals surface area contributed by atoms with Gasteiger partial charge in [0.2, 0.25) is 5.82 Å². The van der Waals surface area contributed by atoms with Crippen molar-refractivity contribution in [1.29, 1.82) is 0 Å². The Kier molecular flexibility index (Phi) is 3.88. The fourth-order valence-electron chi connectivity index (χ4n) is 1.06. The van der Waals surface area contributed by atoms with Crippen LogP contribution < -0.4 is 0 Å². The maximum absolute atomic E-state index is 11.6. The lowest BCUT2D eigenvalue weighted by molar-refractivity contribution is 0.00634. The van der Waals surface area contributed by atoms with Crippen molar-refractivity contribution in [2.24, 2.45) is 0 Å². The molecule has 1 heterocycles. The smallest absolute Gasteiger partial charge is 0.374 e. The van der Waals surface area contributed by atoms with Crippen LogP contribution in [0.5, 0.6) is 0 Å². The van der Waals surface area contributed by atoms with Crippen LogP contribution in [0, 0.1) is 0 Å². The highest BCUT2D eigenvalue weighted by Gasteiger charge is 2.21. The van der Waals surface area contributed by atoms with Crippen molar-refractivity contribution in [3.63, 3.8) is 0 Å². The van der Waals surface area contributed by atoms with E-state index in [0.717, 1.165) is 0 Å². The zero-order valence-electron chi connectivity index (χ0n) is 10.4. The molecule has 0 saturated carbocycles. The summed E-state index contributed by atoms with van der Waals surface area (Å²) in [6.45, 7) is 7.21. The van der Waals surface area contributed by atoms with Gasteiger partial charge >= 0.3 is 11.9 Å². The van der Waals surface area contributed by atoms with E-state index in [1.165, 1.54) is 6.20 Å². The molecule has 0 atom stereocenters. The lowest BCUT2D eigenvalue weighted by Gasteiger charge is -2.18. The molecule has 0 saturated heterocycles. The van der Waals surface area contributed by atoms with E-state index >= 15 is 0 Å². The highest BCUT2D eigenvalue weighted by Crippen LogP contribution is 2.11. The van der Waals surface area contributed by atoms with Crippen molar-refractivity contribution in [1.82, 2.24) is 9.97 Å². The second-order valence-corrected chi connectivity index (χ2v) is 4.37. The first-order chi connectivity index (χ1) is 7.83. The van der Waals surface area contributed by atoms with Crippen molar-refractivity contribution >= 4 is 11.9 Å². The Morgan fingerprint density at radius 2 is 2.00 bits per heavy atom. The van der Waals surface area contributed by atoms with Gasteiger partial charge < -0.3 is 14.5 Å². The summed E-state index contributed by atoms with van der Waals surface area (Å²) in [4.78, 5) is 29.2. The van der Waals surface area contributed by atoms with Crippen LogP contribution in [0.4, 0.5) is 0 Å². The van der Waals surface area contributed by atoms with Gasteiger partial charge in [0.15, 0.2) is 0 Å². The van der Waals surface area contributed by atoms with Crippen molar-refractivity contribution in [2.45, 2.75) is 33.3 Å². The quantitative estimate of drug-likeness (QED) is 0.810. The number of hydrogen-bond donors (Lipinski definition) is 1. The summed E-state index contributed by atoms with van der Waals surface area (Å²) >= 11 is 0. The monoisotopic (exact) mass is 240 g/mol. The number of carbonyl (C=O) groups is 2. The average molecular weight is 240 g/mol. The Hall–Kier alpha value is -1.85. The SMILES string of the molecule is CCOC(=O)c1ncc(C(=O)OC(C)(C)C)[nH]1. The molecule has 0 radical (unpaired) electrons. The minimum Gasteiger partial charge on any atom is -0.460 e. The minimum atomic E-state index is -0.595. The van der Waals surface area contributed by atoms with Gasteiger partial charge in [-0.15, -0.1) is 0 Å². The molecule has 6 heteroatoms. The Balaban J connectivity index is 2.74. The number of ether oxygens (including phenoxy) is 2. The van der Waals surface area contributed by atoms with Gasteiger partial charge in [-0.05, 0) is 27.7 Å². The zero-order chi connectivity index (χ0) is 13.1. The highest BCUT2D eigenvalue weighted by atomic mass is 16.6. The van der Waals surface area contributed by atoms with Crippen LogP contribution in [-0.4, -0.2) is 34.1 Å². The van der Waals surface area contributed by atoms with E-state index in [1.807, 2.05) is 0 Å². The molecule has 0 spiro atoms. The maximum atomic E-state index is 11.6. The minimum absolute atomic E-state index is 0.00675. The Labute approximate surface area is 99.3 Å². The second-order valence-electron chi connectivity index (χ2n) is 4.37. The number of hydrogen-bond acceptors (Lipinski definition) is 5. The lowest BCUT2D eigenvalue weighted by Crippen LogP contribution is -2.24. The molecule has 1 N–H and O–H groups in total. The van der Waals surface area contributed by atoms with E-state index in [4.69, 9.17) is 9.47 Å². The van der Waals surface area contributed by atoms with Gasteiger partial charge in [-0.25, -0.2) is 14.6 Å². The molecule has 17 heavy (non-hydrogen) atoms. The van der Waals surface area contributed by atoms with Gasteiger partial charge in [0.25, 0.3) is 0 Å². The molecule has 0 amide bonds. The molecule has 1 rings (SSSR count). The van der Waals surface area contributed by atoms with E-state index in [9.17, 15) is 9.59 Å². The molecule has 6 nitrogen and oxygen atoms in total. The largest absolute Gasteiger partial charge is 0.460 e. The molecule has 0 aromatic carbocycles. The Morgan fingerprint density at radius 3 is 2.53 bits per heavy atom. The molecule has 1 aromatic rings. The molecule has 1 aromatic heterocycles. The number of aromatic amines is 1. The molecule has 0 fully saturated rings. The number of carbonyl (C=O) groups excluding carboxylic acids is 2. The topological polar surface area (TPSA) is 81.3 Å². The van der Waals surface area contributed by atoms with E-state index < -0.39 is 17.5 Å². The van der Waals surface area contributed by atoms with E-state index in [2.05, 4.69) is 9.97 Å². The van der Waals surface area contributed by atoms with Gasteiger partial charge in [-0.1, -0.05) is 0 Å². The normalized spacial score (nSPS) is 11.1. The summed E-state index contributed by atoms with van der Waals surface area (Å²) < 4.78 is 9.85. The number of imidazole rings is 1. The first-order valence-electron chi connectivity index (χ1n) is 5.29. The Bertz CT molecular complexity index is 417. The Morgan fingerprint density at radius 1 is 1.35 bits per heavy atom. The molecular formula is C11H16N2O4. The van der Waals surface area contributed by atoms with Crippen molar-refractivity contribution in [2.75, 3.05) is 6.61 Å². The summed E-state index contributed by atoms with van der Waals surface area (Å²) in [5.74, 6) is -1.16. The third kappa shape index (κ3) is 3.90. The number of H-pyrrole nitrogens is 1. The molecular weight excluding hydrogens is 224 g/mol. The third-order valence-corrected chi connectivity index (χ3v) is 1.66. The average Bonchev–Trinajstić information content (AvgIpc) is 2.63. The second kappa shape index (κ2) is 4.99. The molecule has 0 aliphatic carbocycles. The van der Waals surface area contributed by atoms with Crippen LogP contribution in [0.3, 0.4) is 0 Å². The van der Waals surface area contributed by atoms with Crippen LogP contribution in [-0.2, 0) is 9.47 Å². The predicted octanol–water partition coefficient (Wildman–Crippen LogP) is 1.54. The number of esters is 2. The first kappa shape index (κ1) is 13.2. The predicted molar refractivity (Wildman–Crippen MR) is 59.7 cm³/mol. The lowest BCUT2D eigenvalue weighted by atomic mass is 10.2. The molecule has 0 unspecified atom stereocenters. The molecule has 0 bridgehead atoms. The van der Waals surface area contributed by atoms with Crippen molar-refractivity contribution < 1.29 is 19.1 Å². The number of aromatic nitrogens is 2. The van der Waals surface area contributed by atoms with Crippen molar-refractivity contribution in [3.8, 4) is 0 Å². The van der Waals surface area contributed by atoms with Gasteiger partial charge in [0.05, 0.1) is 12.8 Å². The van der Waals surface area contributed by atoms with E-state index in [-0.39, 0.29) is 18.1 Å². The van der Waals surface area contributed by atoms with Gasteiger partial charge in [0, 0.05) is 0 Å². The number of nitrogens with zero attached hydrogens (tertiary/aromatic N) is 1. The summed E-state index contributed by atoms with van der Waals surface area (Å²) in [7, 11) is 0. The van der Waals surface area contributed by atoms with E-state index in [1.54, 1.807) is 27.7 Å². The molecule has 0 aliphatic heterocycles. The van der Waals surface area contributed by atoms with Crippen LogP contribution in [0.15, 0.2) is 6.20 Å². The maximum Gasteiger partial charge on any atom is 0.374 e. The fourth-order valence-corrected chi connectivity index (χ4v) is 1.06. The summed E-state index contributed by atoms with van der Waals surface area (Å²) in [5, 5.41) is 0. The standard InChI is InChI=1S/C11H16N2O4/c1-5-16-10(15)8-12-6-7(13-8)9(14)17-11(2,3)4/h6H,5H2,1-4H3,(H,12,13). The van der Waals surface area contributed by atoms with Crippen LogP contribution in [0.1, 0.15) is 48.8 Å². The van der Waals surface area contributed by atoms with Crippen LogP contribution >= 0.6 is 0 Å². The van der Waals surface area contributed by atoms with Gasteiger partial charge in [-0.2, -0.15) is 0 Å². The van der Waals surface area contributed by atoms with Crippen LogP contribution in [0.2, 0.25) is 0 Å². The zero-order valence-corrected chi connectivity index (χ0v) is 10.4. The summed E-state index contributed by atoms with van der Waals surface area (Å²) in [6, 6.07) is 0. The fraction of sp³-hybridized carbons (Fsp3) is 0.545. The number of rotatable bonds is 3. The highest BCUT2D eigenvalue weighted by molar-refractivity contribution is 5.91. The molecule has 0 aliphatic rings. The summed E-state index contributed by atoms with van der Waals surface area (Å²) in [6.07, 6.45) is 1.25. The van der Waals surface area contributed by atoms with Crippen LogP contribution in [0.25, 0.3) is 0 Å². The first-order valence-corrected chi connectivity index (χ1v) is 5.29. The summed E-state index contributed by atoms with van der Waals surface area (Å²) in [5.41, 5.74) is -0.463. The van der Waals surface area contributed by atoms with Gasteiger partial charge in [0.1, 0.15) is 11.3 Å².